The van der Waals surface area contributed by atoms with Gasteiger partial charge >= 0.3 is 11.9 Å². The van der Waals surface area contributed by atoms with Gasteiger partial charge in [-0.3, -0.25) is 24.1 Å². The van der Waals surface area contributed by atoms with Gasteiger partial charge in [-0.1, -0.05) is 0 Å². The number of ether oxygens (including phenoxy) is 3. The molecule has 3 aliphatic heterocycles. The molecule has 0 aromatic heterocycles. The van der Waals surface area contributed by atoms with Crippen molar-refractivity contribution < 1.29 is 33.4 Å². The molecule has 0 N–H and O–H groups in total. The zero-order valence-electron chi connectivity index (χ0n) is 21.0. The molecule has 35 heavy (non-hydrogen) atoms. The Kier molecular flexibility index (Phi) is 13.4. The summed E-state index contributed by atoms with van der Waals surface area (Å²) in [5.74, 6) is -0.229. The van der Waals surface area contributed by atoms with Gasteiger partial charge in [-0.05, 0) is 39.5 Å². The second-order valence-corrected chi connectivity index (χ2v) is 9.10. The van der Waals surface area contributed by atoms with Crippen molar-refractivity contribution >= 4 is 35.4 Å². The summed E-state index contributed by atoms with van der Waals surface area (Å²) in [5, 5.41) is 0. The lowest BCUT2D eigenvalue weighted by atomic mass is 9.97. The fourth-order valence-corrected chi connectivity index (χ4v) is 4.55. The third-order valence-electron chi connectivity index (χ3n) is 6.51. The Labute approximate surface area is 213 Å². The summed E-state index contributed by atoms with van der Waals surface area (Å²) in [4.78, 5) is 52.2. The Balaban J connectivity index is 0.000000258. The number of alkyl halides is 1. The maximum atomic E-state index is 12.2. The predicted molar refractivity (Wildman–Crippen MR) is 130 cm³/mol. The smallest absolute Gasteiger partial charge is 0.309 e. The average molecular weight is 518 g/mol. The molecule has 200 valence electrons. The van der Waals surface area contributed by atoms with E-state index >= 15 is 0 Å². The van der Waals surface area contributed by atoms with Gasteiger partial charge in [0.2, 0.25) is 11.8 Å². The van der Waals surface area contributed by atoms with Crippen molar-refractivity contribution in [3.63, 3.8) is 0 Å². The monoisotopic (exact) mass is 517 g/mol. The summed E-state index contributed by atoms with van der Waals surface area (Å²) in [6.45, 7) is 10.5. The molecule has 3 fully saturated rings. The first-order valence-corrected chi connectivity index (χ1v) is 13.2. The second-order valence-electron chi connectivity index (χ2n) is 8.84. The highest BCUT2D eigenvalue weighted by atomic mass is 35.5. The van der Waals surface area contributed by atoms with E-state index in [1.807, 2.05) is 11.8 Å². The van der Waals surface area contributed by atoms with Crippen LogP contribution in [0.3, 0.4) is 0 Å². The molecule has 0 bridgehead atoms. The van der Waals surface area contributed by atoms with Crippen LogP contribution in [-0.2, 0) is 33.4 Å². The summed E-state index contributed by atoms with van der Waals surface area (Å²) >= 11 is 5.45. The van der Waals surface area contributed by atoms with Gasteiger partial charge in [0.1, 0.15) is 5.88 Å². The Morgan fingerprint density at radius 1 is 0.743 bits per heavy atom. The van der Waals surface area contributed by atoms with Crippen molar-refractivity contribution in [2.45, 2.75) is 39.5 Å². The first-order valence-electron chi connectivity index (χ1n) is 12.6. The van der Waals surface area contributed by atoms with Crippen molar-refractivity contribution in [2.24, 2.45) is 11.8 Å². The zero-order chi connectivity index (χ0) is 25.6. The normalized spacial score (nSPS) is 20.0. The molecular formula is C24H40ClN3O7. The topological polar surface area (TPSA) is 106 Å². The van der Waals surface area contributed by atoms with Gasteiger partial charge in [0, 0.05) is 39.3 Å². The zero-order valence-corrected chi connectivity index (χ0v) is 21.8. The molecular weight excluding hydrogens is 478 g/mol. The summed E-state index contributed by atoms with van der Waals surface area (Å²) in [6, 6.07) is 0. The quantitative estimate of drug-likeness (QED) is 0.366. The highest BCUT2D eigenvalue weighted by Gasteiger charge is 2.29. The number of esters is 2. The van der Waals surface area contributed by atoms with Crippen LogP contribution in [0, 0.1) is 11.8 Å². The highest BCUT2D eigenvalue weighted by Crippen LogP contribution is 2.20. The van der Waals surface area contributed by atoms with Crippen LogP contribution in [-0.4, -0.2) is 117 Å². The van der Waals surface area contributed by atoms with E-state index in [-0.39, 0.29) is 41.5 Å². The van der Waals surface area contributed by atoms with Crippen LogP contribution in [0.15, 0.2) is 0 Å². The van der Waals surface area contributed by atoms with E-state index in [2.05, 4.69) is 4.90 Å². The average Bonchev–Trinajstić information content (AvgIpc) is 2.89. The van der Waals surface area contributed by atoms with Gasteiger partial charge in [-0.25, -0.2) is 0 Å². The van der Waals surface area contributed by atoms with Gasteiger partial charge in [-0.15, -0.1) is 11.6 Å². The third-order valence-corrected chi connectivity index (χ3v) is 6.74. The molecule has 0 unspecified atom stereocenters. The largest absolute Gasteiger partial charge is 0.466 e. The van der Waals surface area contributed by atoms with E-state index < -0.39 is 0 Å². The van der Waals surface area contributed by atoms with Crippen molar-refractivity contribution in [3.05, 3.63) is 0 Å². The van der Waals surface area contributed by atoms with Gasteiger partial charge in [0.25, 0.3) is 0 Å². The number of nitrogens with zero attached hydrogens (tertiary/aromatic N) is 3. The minimum atomic E-state index is -0.143. The van der Waals surface area contributed by atoms with Crippen LogP contribution in [0.2, 0.25) is 0 Å². The van der Waals surface area contributed by atoms with E-state index in [0.29, 0.717) is 84.8 Å². The first kappa shape index (κ1) is 29.3. The van der Waals surface area contributed by atoms with E-state index in [9.17, 15) is 19.2 Å². The third kappa shape index (κ3) is 9.93. The second kappa shape index (κ2) is 16.0. The van der Waals surface area contributed by atoms with E-state index in [1.165, 1.54) is 0 Å². The number of amides is 2. The van der Waals surface area contributed by atoms with Crippen LogP contribution in [0.4, 0.5) is 0 Å². The SMILES string of the molecule is CCOC(=O)C1CCN(C(=O)CCl)CC1.CCOC(=O)C1CCN(C(=O)CN2CCOCC2)CC1. The number of piperidine rings is 2. The van der Waals surface area contributed by atoms with Crippen molar-refractivity contribution in [1.82, 2.24) is 14.7 Å². The van der Waals surface area contributed by atoms with Gasteiger partial charge in [0.05, 0.1) is 44.8 Å². The summed E-state index contributed by atoms with van der Waals surface area (Å²) in [6.07, 6.45) is 2.80. The minimum absolute atomic E-state index is 0.0179. The minimum Gasteiger partial charge on any atom is -0.466 e. The van der Waals surface area contributed by atoms with E-state index in [0.717, 1.165) is 13.1 Å². The van der Waals surface area contributed by atoms with Gasteiger partial charge in [0.15, 0.2) is 0 Å². The molecule has 2 amide bonds. The summed E-state index contributed by atoms with van der Waals surface area (Å²) < 4.78 is 15.2. The summed E-state index contributed by atoms with van der Waals surface area (Å²) in [7, 11) is 0. The molecule has 0 aliphatic carbocycles. The Bertz CT molecular complexity index is 687. The number of hydrogen-bond donors (Lipinski definition) is 0. The number of carbonyl (C=O) groups is 4. The lowest BCUT2D eigenvalue weighted by Crippen LogP contribution is -2.47. The molecule has 0 aromatic carbocycles. The first-order chi connectivity index (χ1) is 16.9. The van der Waals surface area contributed by atoms with Crippen molar-refractivity contribution in [1.29, 1.82) is 0 Å². The molecule has 10 nitrogen and oxygen atoms in total. The molecule has 0 saturated carbocycles. The Morgan fingerprint density at radius 2 is 1.17 bits per heavy atom. The predicted octanol–water partition coefficient (Wildman–Crippen LogP) is 1.15. The molecule has 0 radical (unpaired) electrons. The fourth-order valence-electron chi connectivity index (χ4n) is 4.38. The van der Waals surface area contributed by atoms with E-state index in [4.69, 9.17) is 25.8 Å². The van der Waals surface area contributed by atoms with Crippen LogP contribution < -0.4 is 0 Å². The molecule has 0 atom stereocenters. The molecule has 0 aromatic rings. The number of rotatable bonds is 7. The molecule has 3 heterocycles. The molecule has 3 aliphatic rings. The maximum absolute atomic E-state index is 12.2. The van der Waals surface area contributed by atoms with E-state index in [1.54, 1.807) is 11.8 Å². The highest BCUT2D eigenvalue weighted by molar-refractivity contribution is 6.27. The number of carbonyl (C=O) groups excluding carboxylic acids is 4. The van der Waals surface area contributed by atoms with Crippen molar-refractivity contribution in [2.75, 3.05) is 78.1 Å². The van der Waals surface area contributed by atoms with Crippen LogP contribution >= 0.6 is 11.6 Å². The number of hydrogen-bond acceptors (Lipinski definition) is 8. The molecule has 3 rings (SSSR count). The molecule has 11 heteroatoms. The van der Waals surface area contributed by atoms with Crippen LogP contribution in [0.25, 0.3) is 0 Å². The number of morpholine rings is 1. The fraction of sp³-hybridized carbons (Fsp3) is 0.833. The van der Waals surface area contributed by atoms with Crippen LogP contribution in [0.1, 0.15) is 39.5 Å². The Morgan fingerprint density at radius 3 is 1.57 bits per heavy atom. The lowest BCUT2D eigenvalue weighted by molar-refractivity contribution is -0.151. The molecule has 0 spiro atoms. The number of likely N-dealkylation sites (tertiary alicyclic amines) is 2. The summed E-state index contributed by atoms with van der Waals surface area (Å²) in [5.41, 5.74) is 0. The van der Waals surface area contributed by atoms with Gasteiger partial charge in [-0.2, -0.15) is 0 Å². The Hall–Kier alpha value is -1.91. The van der Waals surface area contributed by atoms with Gasteiger partial charge < -0.3 is 24.0 Å². The number of halogens is 1. The van der Waals surface area contributed by atoms with Crippen molar-refractivity contribution in [3.8, 4) is 0 Å². The standard InChI is InChI=1S/C14H24N2O4.C10H16ClNO3/c1-2-20-14(18)12-3-5-16(6-4-12)13(17)11-15-7-9-19-10-8-15;1-2-15-10(14)8-3-5-12(6-4-8)9(13)7-11/h12H,2-11H2,1H3;8H,2-7H2,1H3. The van der Waals surface area contributed by atoms with Crippen LogP contribution in [0.5, 0.6) is 0 Å². The lowest BCUT2D eigenvalue weighted by Gasteiger charge is -2.33. The maximum Gasteiger partial charge on any atom is 0.309 e. The molecule has 3 saturated heterocycles.